The predicted octanol–water partition coefficient (Wildman–Crippen LogP) is 6.60. The number of benzene rings is 3. The number of thioether (sulfide) groups is 1. The van der Waals surface area contributed by atoms with Crippen LogP contribution in [0.5, 0.6) is 0 Å². The Morgan fingerprint density at radius 1 is 0.956 bits per heavy atom. The van der Waals surface area contributed by atoms with Gasteiger partial charge < -0.3 is 25.0 Å². The summed E-state index contributed by atoms with van der Waals surface area (Å²) in [6, 6.07) is 23.9. The summed E-state index contributed by atoms with van der Waals surface area (Å²) in [7, 11) is 0. The number of nitrogens with one attached hydrogen (secondary N) is 1. The number of carboxylic acids is 1. The summed E-state index contributed by atoms with van der Waals surface area (Å²) in [6.45, 7) is 2.32. The van der Waals surface area contributed by atoms with Crippen LogP contribution in [-0.2, 0) is 32.2 Å². The highest BCUT2D eigenvalue weighted by Crippen LogP contribution is 2.40. The minimum absolute atomic E-state index is 0.00544. The molecule has 11 heteroatoms. The Bertz CT molecular complexity index is 1560. The number of ether oxygens (including phenoxy) is 2. The van der Waals surface area contributed by atoms with E-state index in [0.29, 0.717) is 32.2 Å². The number of amides is 1. The fourth-order valence-corrected chi connectivity index (χ4v) is 7.00. The summed E-state index contributed by atoms with van der Waals surface area (Å²) in [5.74, 6) is -0.216. The van der Waals surface area contributed by atoms with Crippen molar-refractivity contribution in [1.29, 1.82) is 0 Å². The molecule has 0 aliphatic carbocycles. The number of aromatic nitrogens is 2. The second-order valence-electron chi connectivity index (χ2n) is 10.9. The fourth-order valence-electron chi connectivity index (χ4n) is 5.14. The molecule has 3 aromatic carbocycles. The number of nitrogens with zero attached hydrogens (tertiary/aromatic N) is 2. The number of hydrogen-bond acceptors (Lipinski definition) is 9. The monoisotopic (exact) mass is 647 g/mol. The Hall–Kier alpha value is -3.61. The number of carboxylic acid groups (broad SMARTS) is 1. The molecule has 0 bridgehead atoms. The van der Waals surface area contributed by atoms with Crippen molar-refractivity contribution in [3.05, 3.63) is 100 Å². The standard InChI is InChI=1S/C34H37N3O6S2/c1-22-36-37-34(45-22)44-21-28-18-30(25-12-10-23(20-38)11-13-25)43-33(42-28)26-16-14-24(15-17-26)29-7-3-2-6-27(29)19-35-31(39)8-4-5-9-32(40)41/h2-3,6-7,10-17,28,30,33,38H,4-5,8-9,18-21H2,1H3,(H,35,39)(H,40,41). The van der Waals surface area contributed by atoms with E-state index >= 15 is 0 Å². The molecule has 0 spiro atoms. The lowest BCUT2D eigenvalue weighted by Crippen LogP contribution is -2.31. The molecule has 3 unspecified atom stereocenters. The molecule has 3 N–H and O–H groups in total. The Balaban J connectivity index is 1.27. The average molecular weight is 648 g/mol. The Kier molecular flexibility index (Phi) is 11.7. The van der Waals surface area contributed by atoms with Crippen LogP contribution in [0.15, 0.2) is 77.1 Å². The van der Waals surface area contributed by atoms with Crippen molar-refractivity contribution in [3.8, 4) is 11.1 Å². The largest absolute Gasteiger partial charge is 0.481 e. The van der Waals surface area contributed by atoms with E-state index in [-0.39, 0.29) is 31.1 Å². The summed E-state index contributed by atoms with van der Waals surface area (Å²) < 4.78 is 13.9. The second-order valence-corrected chi connectivity index (χ2v) is 13.4. The molecular weight excluding hydrogens is 611 g/mol. The molecule has 1 aromatic heterocycles. The van der Waals surface area contributed by atoms with Gasteiger partial charge in [0.05, 0.1) is 18.8 Å². The minimum atomic E-state index is -0.844. The summed E-state index contributed by atoms with van der Waals surface area (Å²) in [5.41, 5.74) is 5.82. The summed E-state index contributed by atoms with van der Waals surface area (Å²) in [6.07, 6.45) is 1.29. The third-order valence-electron chi connectivity index (χ3n) is 7.55. The van der Waals surface area contributed by atoms with Crippen LogP contribution in [0.4, 0.5) is 0 Å². The molecule has 1 amide bonds. The SMILES string of the molecule is Cc1nnc(SCC2CC(c3ccc(CO)cc3)OC(c3ccc(-c4ccccc4CNC(=O)CCCCC(=O)O)cc3)O2)s1. The van der Waals surface area contributed by atoms with Gasteiger partial charge in [-0.05, 0) is 47.6 Å². The quantitative estimate of drug-likeness (QED) is 0.102. The van der Waals surface area contributed by atoms with E-state index in [1.807, 2.05) is 79.7 Å². The highest BCUT2D eigenvalue weighted by atomic mass is 32.2. The highest BCUT2D eigenvalue weighted by molar-refractivity contribution is 8.01. The molecule has 2 heterocycles. The highest BCUT2D eigenvalue weighted by Gasteiger charge is 2.32. The van der Waals surface area contributed by atoms with E-state index in [1.165, 1.54) is 0 Å². The number of rotatable bonds is 14. The van der Waals surface area contributed by atoms with Gasteiger partial charge in [-0.2, -0.15) is 0 Å². The van der Waals surface area contributed by atoms with Crippen LogP contribution in [0.1, 0.15) is 71.8 Å². The Morgan fingerprint density at radius 3 is 2.40 bits per heavy atom. The van der Waals surface area contributed by atoms with E-state index in [0.717, 1.165) is 48.5 Å². The number of aliphatic hydroxyl groups is 1. The van der Waals surface area contributed by atoms with Crippen molar-refractivity contribution in [3.63, 3.8) is 0 Å². The number of carbonyl (C=O) groups excluding carboxylic acids is 1. The van der Waals surface area contributed by atoms with Crippen molar-refractivity contribution >= 4 is 35.0 Å². The normalized spacial score (nSPS) is 18.0. The van der Waals surface area contributed by atoms with Gasteiger partial charge in [0.1, 0.15) is 5.01 Å². The van der Waals surface area contributed by atoms with Gasteiger partial charge in [-0.3, -0.25) is 9.59 Å². The van der Waals surface area contributed by atoms with Gasteiger partial charge in [-0.15, -0.1) is 10.2 Å². The number of hydrogen-bond donors (Lipinski definition) is 3. The molecular formula is C34H37N3O6S2. The summed E-state index contributed by atoms with van der Waals surface area (Å²) >= 11 is 3.21. The van der Waals surface area contributed by atoms with E-state index in [9.17, 15) is 14.7 Å². The first-order valence-electron chi connectivity index (χ1n) is 15.0. The van der Waals surface area contributed by atoms with Crippen LogP contribution < -0.4 is 5.32 Å². The zero-order valence-electron chi connectivity index (χ0n) is 25.1. The number of aliphatic hydroxyl groups excluding tert-OH is 1. The molecule has 9 nitrogen and oxygen atoms in total. The first-order chi connectivity index (χ1) is 21.9. The van der Waals surface area contributed by atoms with E-state index in [1.54, 1.807) is 23.1 Å². The molecule has 3 atom stereocenters. The van der Waals surface area contributed by atoms with Gasteiger partial charge in [0.15, 0.2) is 10.6 Å². The summed E-state index contributed by atoms with van der Waals surface area (Å²) in [4.78, 5) is 23.0. The first-order valence-corrected chi connectivity index (χ1v) is 16.8. The van der Waals surface area contributed by atoms with E-state index < -0.39 is 12.3 Å². The Labute approximate surface area is 271 Å². The lowest BCUT2D eigenvalue weighted by atomic mass is 9.97. The van der Waals surface area contributed by atoms with Crippen molar-refractivity contribution in [1.82, 2.24) is 15.5 Å². The maximum absolute atomic E-state index is 12.3. The molecule has 1 aliphatic rings. The van der Waals surface area contributed by atoms with Crippen LogP contribution in [-0.4, -0.2) is 44.1 Å². The molecule has 5 rings (SSSR count). The van der Waals surface area contributed by atoms with Crippen LogP contribution in [0, 0.1) is 6.92 Å². The molecule has 45 heavy (non-hydrogen) atoms. The second kappa shape index (κ2) is 16.1. The van der Waals surface area contributed by atoms with E-state index in [2.05, 4.69) is 15.5 Å². The average Bonchev–Trinajstić information content (AvgIpc) is 3.49. The van der Waals surface area contributed by atoms with Gasteiger partial charge in [-0.1, -0.05) is 95.9 Å². The first kappa shape index (κ1) is 32.8. The summed E-state index contributed by atoms with van der Waals surface area (Å²) in [5, 5.41) is 30.5. The molecule has 1 aliphatic heterocycles. The smallest absolute Gasteiger partial charge is 0.303 e. The molecule has 4 aromatic rings. The molecule has 0 saturated carbocycles. The molecule has 1 fully saturated rings. The van der Waals surface area contributed by atoms with Crippen LogP contribution in [0.2, 0.25) is 0 Å². The fraction of sp³-hybridized carbons (Fsp3) is 0.353. The molecule has 236 valence electrons. The number of aliphatic carboxylic acids is 1. The predicted molar refractivity (Wildman–Crippen MR) is 174 cm³/mol. The van der Waals surface area contributed by atoms with Gasteiger partial charge in [0.25, 0.3) is 0 Å². The van der Waals surface area contributed by atoms with Crippen molar-refractivity contribution < 1.29 is 29.3 Å². The van der Waals surface area contributed by atoms with Crippen molar-refractivity contribution in [2.45, 2.75) is 75.0 Å². The van der Waals surface area contributed by atoms with Gasteiger partial charge in [0.2, 0.25) is 5.91 Å². The maximum Gasteiger partial charge on any atom is 0.303 e. The van der Waals surface area contributed by atoms with Crippen LogP contribution in [0.3, 0.4) is 0 Å². The van der Waals surface area contributed by atoms with Gasteiger partial charge >= 0.3 is 5.97 Å². The Morgan fingerprint density at radius 2 is 1.69 bits per heavy atom. The topological polar surface area (TPSA) is 131 Å². The molecule has 1 saturated heterocycles. The maximum atomic E-state index is 12.3. The third-order valence-corrected chi connectivity index (χ3v) is 9.65. The molecule has 0 radical (unpaired) electrons. The van der Waals surface area contributed by atoms with Crippen LogP contribution >= 0.6 is 23.1 Å². The minimum Gasteiger partial charge on any atom is -0.481 e. The third kappa shape index (κ3) is 9.44. The lowest BCUT2D eigenvalue weighted by Gasteiger charge is -2.36. The number of aryl methyl sites for hydroxylation is 1. The zero-order valence-corrected chi connectivity index (χ0v) is 26.7. The van der Waals surface area contributed by atoms with Gasteiger partial charge in [-0.25, -0.2) is 0 Å². The van der Waals surface area contributed by atoms with Crippen molar-refractivity contribution in [2.75, 3.05) is 5.75 Å². The van der Waals surface area contributed by atoms with E-state index in [4.69, 9.17) is 14.6 Å². The lowest BCUT2D eigenvalue weighted by molar-refractivity contribution is -0.245. The zero-order chi connectivity index (χ0) is 31.6. The van der Waals surface area contributed by atoms with Crippen LogP contribution in [0.25, 0.3) is 11.1 Å². The number of unbranched alkanes of at least 4 members (excludes halogenated alkanes) is 1. The number of carbonyl (C=O) groups is 2. The van der Waals surface area contributed by atoms with Gasteiger partial charge in [0, 0.05) is 37.1 Å². The van der Waals surface area contributed by atoms with Crippen molar-refractivity contribution in [2.24, 2.45) is 0 Å².